The smallest absolute Gasteiger partial charge is 0.163 e. The minimum Gasteiger partial charge on any atom is -0.507 e. The van der Waals surface area contributed by atoms with Crippen molar-refractivity contribution in [1.29, 1.82) is 0 Å². The summed E-state index contributed by atoms with van der Waals surface area (Å²) in [7, 11) is 0. The van der Waals surface area contributed by atoms with Gasteiger partial charge in [0.2, 0.25) is 0 Å². The van der Waals surface area contributed by atoms with Crippen molar-refractivity contribution in [3.05, 3.63) is 65.1 Å². The van der Waals surface area contributed by atoms with Crippen LogP contribution in [0.2, 0.25) is 0 Å². The number of ketones is 2. The van der Waals surface area contributed by atoms with Crippen LogP contribution in [0.15, 0.2) is 45.7 Å². The van der Waals surface area contributed by atoms with E-state index in [1.807, 2.05) is 13.0 Å². The van der Waals surface area contributed by atoms with Gasteiger partial charge in [0, 0.05) is 28.5 Å². The first-order valence-corrected chi connectivity index (χ1v) is 10.4. The predicted molar refractivity (Wildman–Crippen MR) is 120 cm³/mol. The number of carbonyl (C=O) groups is 2. The first-order chi connectivity index (χ1) is 15.1. The second kappa shape index (κ2) is 6.60. The van der Waals surface area contributed by atoms with E-state index in [2.05, 4.69) is 6.58 Å². The van der Waals surface area contributed by atoms with Gasteiger partial charge in [-0.2, -0.15) is 0 Å². The van der Waals surface area contributed by atoms with Gasteiger partial charge in [-0.25, -0.2) is 0 Å². The van der Waals surface area contributed by atoms with Crippen molar-refractivity contribution in [1.82, 2.24) is 0 Å². The van der Waals surface area contributed by atoms with Crippen LogP contribution < -0.4 is 0 Å². The molecule has 2 aromatic carbocycles. The van der Waals surface area contributed by atoms with E-state index in [1.54, 1.807) is 12.1 Å². The molecule has 2 heterocycles. The van der Waals surface area contributed by atoms with E-state index < -0.39 is 5.41 Å². The van der Waals surface area contributed by atoms with Crippen molar-refractivity contribution in [2.75, 3.05) is 0 Å². The number of hydrogen-bond donors (Lipinski definition) is 2. The number of furan rings is 2. The lowest BCUT2D eigenvalue weighted by Crippen LogP contribution is -2.27. The van der Waals surface area contributed by atoms with E-state index in [9.17, 15) is 19.8 Å². The van der Waals surface area contributed by atoms with Crippen molar-refractivity contribution in [3.63, 3.8) is 0 Å². The summed E-state index contributed by atoms with van der Waals surface area (Å²) in [5, 5.41) is 21.9. The molecule has 32 heavy (non-hydrogen) atoms. The second-order valence-corrected chi connectivity index (χ2v) is 8.74. The zero-order valence-corrected chi connectivity index (χ0v) is 18.0. The van der Waals surface area contributed by atoms with Crippen molar-refractivity contribution >= 4 is 39.1 Å². The average Bonchev–Trinajstić information content (AvgIpc) is 3.31. The quantitative estimate of drug-likeness (QED) is 0.380. The van der Waals surface area contributed by atoms with E-state index in [4.69, 9.17) is 8.83 Å². The third-order valence-corrected chi connectivity index (χ3v) is 6.54. The number of carbonyl (C=O) groups excluding carboxylic acids is 2. The third-order valence-electron chi connectivity index (χ3n) is 6.54. The maximum absolute atomic E-state index is 12.1. The monoisotopic (exact) mass is 430 g/mol. The Balaban J connectivity index is 1.78. The van der Waals surface area contributed by atoms with Crippen molar-refractivity contribution in [3.8, 4) is 11.5 Å². The molecule has 0 unspecified atom stereocenters. The summed E-state index contributed by atoms with van der Waals surface area (Å²) in [5.74, 6) is 0.560. The van der Waals surface area contributed by atoms with Crippen molar-refractivity contribution in [2.24, 2.45) is 0 Å². The number of hydrogen-bond acceptors (Lipinski definition) is 6. The number of rotatable bonds is 3. The summed E-state index contributed by atoms with van der Waals surface area (Å²) in [5.41, 5.74) is 2.48. The molecule has 0 fully saturated rings. The summed E-state index contributed by atoms with van der Waals surface area (Å²) in [6.07, 6.45) is 1.37. The van der Waals surface area contributed by atoms with E-state index in [-0.39, 0.29) is 34.2 Å². The lowest BCUT2D eigenvalue weighted by molar-refractivity contribution is 0.100. The number of allylic oxidation sites excluding steroid dienone is 1. The molecule has 162 valence electrons. The van der Waals surface area contributed by atoms with Gasteiger partial charge in [-0.05, 0) is 57.4 Å². The van der Waals surface area contributed by atoms with E-state index in [1.165, 1.54) is 26.0 Å². The van der Waals surface area contributed by atoms with E-state index >= 15 is 0 Å². The van der Waals surface area contributed by atoms with Crippen LogP contribution in [0.3, 0.4) is 0 Å². The fraction of sp³-hybridized carbons (Fsp3) is 0.231. The Morgan fingerprint density at radius 1 is 0.938 bits per heavy atom. The standard InChI is InChI=1S/C26H22O6/c1-12-5-6-26(4,23-8-15-7-16(13(2)27)19(29)10-21(15)31-23)24-18-9-17(14(3)28)20(30)11-22(18)32-25(12)24/h7-11,29-30H,1,5-6H2,2-4H3/t26-/m0/s1. The summed E-state index contributed by atoms with van der Waals surface area (Å²) < 4.78 is 12.3. The zero-order chi connectivity index (χ0) is 22.9. The highest BCUT2D eigenvalue weighted by Gasteiger charge is 2.42. The average molecular weight is 430 g/mol. The first-order valence-electron chi connectivity index (χ1n) is 10.4. The summed E-state index contributed by atoms with van der Waals surface area (Å²) >= 11 is 0. The molecule has 0 saturated heterocycles. The first kappa shape index (κ1) is 20.1. The maximum Gasteiger partial charge on any atom is 0.163 e. The molecule has 4 aromatic rings. The summed E-state index contributed by atoms with van der Waals surface area (Å²) in [6, 6.07) is 8.10. The number of benzene rings is 2. The summed E-state index contributed by atoms with van der Waals surface area (Å²) in [6.45, 7) is 9.00. The van der Waals surface area contributed by atoms with Crippen LogP contribution in [0.4, 0.5) is 0 Å². The van der Waals surface area contributed by atoms with Gasteiger partial charge in [0.05, 0.1) is 16.5 Å². The molecule has 5 rings (SSSR count). The van der Waals surface area contributed by atoms with Gasteiger partial charge in [-0.3, -0.25) is 9.59 Å². The largest absolute Gasteiger partial charge is 0.507 e. The molecule has 1 aliphatic rings. The minimum atomic E-state index is -0.613. The molecule has 0 saturated carbocycles. The van der Waals surface area contributed by atoms with Gasteiger partial charge in [0.1, 0.15) is 34.2 Å². The van der Waals surface area contributed by atoms with Crippen LogP contribution >= 0.6 is 0 Å². The number of Topliss-reactive ketones (excluding diaryl/α,β-unsaturated/α-hetero) is 2. The molecular weight excluding hydrogens is 408 g/mol. The highest BCUT2D eigenvalue weighted by atomic mass is 16.3. The van der Waals surface area contributed by atoms with Crippen LogP contribution in [0, 0.1) is 0 Å². The molecule has 2 aromatic heterocycles. The Hall–Kier alpha value is -3.80. The van der Waals surface area contributed by atoms with Gasteiger partial charge < -0.3 is 19.0 Å². The fourth-order valence-electron chi connectivity index (χ4n) is 4.73. The molecule has 0 aliphatic heterocycles. The lowest BCUT2D eigenvalue weighted by Gasteiger charge is -2.32. The third kappa shape index (κ3) is 2.72. The summed E-state index contributed by atoms with van der Waals surface area (Å²) in [4.78, 5) is 23.9. The molecular formula is C26H22O6. The molecule has 1 aliphatic carbocycles. The fourth-order valence-corrected chi connectivity index (χ4v) is 4.73. The topological polar surface area (TPSA) is 101 Å². The lowest BCUT2D eigenvalue weighted by atomic mass is 9.70. The van der Waals surface area contributed by atoms with E-state index in [0.29, 0.717) is 40.9 Å². The van der Waals surface area contributed by atoms with Gasteiger partial charge >= 0.3 is 0 Å². The molecule has 0 amide bonds. The second-order valence-electron chi connectivity index (χ2n) is 8.74. The van der Waals surface area contributed by atoms with Crippen molar-refractivity contribution < 1.29 is 28.6 Å². The predicted octanol–water partition coefficient (Wildman–Crippen LogP) is 6.11. The van der Waals surface area contributed by atoms with Gasteiger partial charge in [-0.1, -0.05) is 6.58 Å². The molecule has 6 heteroatoms. The molecule has 0 spiro atoms. The molecule has 0 radical (unpaired) electrons. The SMILES string of the molecule is C=C1CC[C@@](C)(c2cc3cc(C(C)=O)c(O)cc3o2)c2c1oc1cc(O)c(C(C)=O)cc21. The number of fused-ring (bicyclic) bond motifs is 4. The Labute approximate surface area is 183 Å². The van der Waals surface area contributed by atoms with Crippen LogP contribution in [0.25, 0.3) is 27.5 Å². The van der Waals surface area contributed by atoms with Crippen LogP contribution in [0.1, 0.15) is 71.4 Å². The maximum atomic E-state index is 12.1. The Bertz CT molecular complexity index is 1480. The Morgan fingerprint density at radius 3 is 2.22 bits per heavy atom. The Morgan fingerprint density at radius 2 is 1.56 bits per heavy atom. The van der Waals surface area contributed by atoms with Crippen molar-refractivity contribution in [2.45, 2.75) is 39.0 Å². The van der Waals surface area contributed by atoms with E-state index in [0.717, 1.165) is 16.5 Å². The Kier molecular flexibility index (Phi) is 4.15. The highest BCUT2D eigenvalue weighted by Crippen LogP contribution is 2.52. The zero-order valence-electron chi connectivity index (χ0n) is 18.0. The minimum absolute atomic E-state index is 0.121. The number of phenolic OH excluding ortho intramolecular Hbond substituents is 2. The van der Waals surface area contributed by atoms with Gasteiger partial charge in [0.25, 0.3) is 0 Å². The molecule has 0 bridgehead atoms. The normalized spacial score (nSPS) is 18.3. The van der Waals surface area contributed by atoms with Gasteiger partial charge in [-0.15, -0.1) is 0 Å². The van der Waals surface area contributed by atoms with Gasteiger partial charge in [0.15, 0.2) is 11.6 Å². The number of aromatic hydroxyl groups is 2. The molecule has 2 N–H and O–H groups in total. The molecule has 1 atom stereocenters. The highest BCUT2D eigenvalue weighted by molar-refractivity contribution is 6.03. The van der Waals surface area contributed by atoms with Crippen LogP contribution in [-0.2, 0) is 5.41 Å². The number of phenols is 2. The van der Waals surface area contributed by atoms with Crippen LogP contribution in [0.5, 0.6) is 11.5 Å². The molecule has 6 nitrogen and oxygen atoms in total. The van der Waals surface area contributed by atoms with Crippen LogP contribution in [-0.4, -0.2) is 21.8 Å².